The van der Waals surface area contributed by atoms with Crippen molar-refractivity contribution in [2.24, 2.45) is 0 Å². The Hall–Kier alpha value is -2.31. The lowest BCUT2D eigenvalue weighted by molar-refractivity contribution is -0.118. The lowest BCUT2D eigenvalue weighted by atomic mass is 10.1. The van der Waals surface area contributed by atoms with E-state index in [0.29, 0.717) is 23.9 Å². The molecule has 1 heterocycles. The van der Waals surface area contributed by atoms with E-state index in [1.807, 2.05) is 54.0 Å². The van der Waals surface area contributed by atoms with Crippen LogP contribution in [0.2, 0.25) is 5.02 Å². The van der Waals surface area contributed by atoms with E-state index in [4.69, 9.17) is 11.6 Å². The number of hydrogen-bond acceptors (Lipinski definition) is 4. The van der Waals surface area contributed by atoms with Crippen LogP contribution in [0.5, 0.6) is 0 Å². The van der Waals surface area contributed by atoms with Crippen LogP contribution in [-0.4, -0.2) is 33.0 Å². The molecule has 3 rings (SSSR count). The minimum atomic E-state index is -0.00844. The van der Waals surface area contributed by atoms with Gasteiger partial charge in [-0.1, -0.05) is 65.8 Å². The smallest absolute Gasteiger partial charge is 0.230 e. The summed E-state index contributed by atoms with van der Waals surface area (Å²) < 4.78 is 1.99. The quantitative estimate of drug-likeness (QED) is 0.579. The van der Waals surface area contributed by atoms with Gasteiger partial charge in [0.15, 0.2) is 11.0 Å². The molecule has 0 saturated carbocycles. The summed E-state index contributed by atoms with van der Waals surface area (Å²) >= 11 is 7.47. The van der Waals surface area contributed by atoms with Crippen molar-refractivity contribution in [1.29, 1.82) is 0 Å². The molecule has 2 aromatic carbocycles. The van der Waals surface area contributed by atoms with E-state index in [-0.39, 0.29) is 5.91 Å². The molecule has 0 spiro atoms. The van der Waals surface area contributed by atoms with Gasteiger partial charge >= 0.3 is 0 Å². The summed E-state index contributed by atoms with van der Waals surface area (Å²) in [5, 5.41) is 12.9. The summed E-state index contributed by atoms with van der Waals surface area (Å²) in [6.45, 7) is 3.37. The van der Waals surface area contributed by atoms with Gasteiger partial charge in [-0.05, 0) is 31.0 Å². The molecule has 1 amide bonds. The molecule has 3 aromatic rings. The zero-order chi connectivity index (χ0) is 19.1. The van der Waals surface area contributed by atoms with Crippen molar-refractivity contribution in [3.05, 3.63) is 65.2 Å². The molecule has 0 atom stereocenters. The molecular formula is C20H21ClN4OS. The Morgan fingerprint density at radius 3 is 2.70 bits per heavy atom. The number of benzene rings is 2. The van der Waals surface area contributed by atoms with Crippen molar-refractivity contribution >= 4 is 29.3 Å². The van der Waals surface area contributed by atoms with Crippen LogP contribution < -0.4 is 5.32 Å². The van der Waals surface area contributed by atoms with Gasteiger partial charge in [0.2, 0.25) is 5.91 Å². The van der Waals surface area contributed by atoms with Gasteiger partial charge in [0.25, 0.3) is 0 Å². The van der Waals surface area contributed by atoms with E-state index >= 15 is 0 Å². The van der Waals surface area contributed by atoms with Crippen LogP contribution in [0.15, 0.2) is 59.8 Å². The van der Waals surface area contributed by atoms with Crippen molar-refractivity contribution in [2.75, 3.05) is 12.3 Å². The monoisotopic (exact) mass is 400 g/mol. The average Bonchev–Trinajstić information content (AvgIpc) is 3.10. The van der Waals surface area contributed by atoms with Crippen molar-refractivity contribution in [1.82, 2.24) is 20.1 Å². The number of carbonyl (C=O) groups excluding carboxylic acids is 1. The predicted octanol–water partition coefficient (Wildman–Crippen LogP) is 4.07. The highest BCUT2D eigenvalue weighted by Gasteiger charge is 2.14. The number of nitrogens with one attached hydrogen (secondary N) is 1. The van der Waals surface area contributed by atoms with Gasteiger partial charge in [0.05, 0.1) is 5.75 Å². The molecule has 0 radical (unpaired) electrons. The highest BCUT2D eigenvalue weighted by atomic mass is 35.5. The minimum absolute atomic E-state index is 0.00844. The number of thioether (sulfide) groups is 1. The van der Waals surface area contributed by atoms with Crippen molar-refractivity contribution in [2.45, 2.75) is 25.0 Å². The van der Waals surface area contributed by atoms with Crippen LogP contribution >= 0.6 is 23.4 Å². The fraction of sp³-hybridized carbons (Fsp3) is 0.250. The fourth-order valence-corrected chi connectivity index (χ4v) is 3.72. The second kappa shape index (κ2) is 9.58. The zero-order valence-electron chi connectivity index (χ0n) is 15.1. The van der Waals surface area contributed by atoms with Crippen molar-refractivity contribution in [3.8, 4) is 11.4 Å². The van der Waals surface area contributed by atoms with Crippen LogP contribution in [-0.2, 0) is 17.8 Å². The number of carbonyl (C=O) groups is 1. The second-order valence-corrected chi connectivity index (χ2v) is 7.31. The molecule has 0 aliphatic carbocycles. The van der Waals surface area contributed by atoms with Gasteiger partial charge in [-0.15, -0.1) is 10.2 Å². The first-order valence-corrected chi connectivity index (χ1v) is 10.2. The third kappa shape index (κ3) is 5.34. The molecule has 0 aliphatic heterocycles. The Bertz CT molecular complexity index is 898. The Morgan fingerprint density at radius 2 is 1.96 bits per heavy atom. The van der Waals surface area contributed by atoms with E-state index in [9.17, 15) is 4.79 Å². The highest BCUT2D eigenvalue weighted by molar-refractivity contribution is 7.99. The summed E-state index contributed by atoms with van der Waals surface area (Å²) in [5.74, 6) is 1.06. The van der Waals surface area contributed by atoms with E-state index in [1.165, 1.54) is 17.3 Å². The normalized spacial score (nSPS) is 10.7. The van der Waals surface area contributed by atoms with Crippen molar-refractivity contribution < 1.29 is 4.79 Å². The molecule has 5 nitrogen and oxygen atoms in total. The third-order valence-electron chi connectivity index (χ3n) is 4.03. The number of halogens is 1. The zero-order valence-corrected chi connectivity index (χ0v) is 16.6. The maximum atomic E-state index is 12.1. The summed E-state index contributed by atoms with van der Waals surface area (Å²) in [6.07, 6.45) is 0.821. The molecule has 7 heteroatoms. The van der Waals surface area contributed by atoms with Gasteiger partial charge in [-0.3, -0.25) is 4.79 Å². The van der Waals surface area contributed by atoms with Gasteiger partial charge in [0, 0.05) is 23.7 Å². The first kappa shape index (κ1) is 19.5. The minimum Gasteiger partial charge on any atom is -0.355 e. The molecule has 0 unspecified atom stereocenters. The number of rotatable bonds is 8. The van der Waals surface area contributed by atoms with E-state index in [0.717, 1.165) is 23.0 Å². The summed E-state index contributed by atoms with van der Waals surface area (Å²) in [7, 11) is 0. The van der Waals surface area contributed by atoms with Gasteiger partial charge < -0.3 is 9.88 Å². The Balaban J connectivity index is 1.55. The van der Waals surface area contributed by atoms with Gasteiger partial charge in [-0.25, -0.2) is 0 Å². The Kier molecular flexibility index (Phi) is 6.90. The molecule has 0 aliphatic rings. The number of aromatic nitrogens is 3. The molecule has 27 heavy (non-hydrogen) atoms. The number of amides is 1. The summed E-state index contributed by atoms with van der Waals surface area (Å²) in [5.41, 5.74) is 2.12. The van der Waals surface area contributed by atoms with Crippen LogP contribution in [0.25, 0.3) is 11.4 Å². The van der Waals surface area contributed by atoms with Gasteiger partial charge in [0.1, 0.15) is 0 Å². The van der Waals surface area contributed by atoms with Gasteiger partial charge in [-0.2, -0.15) is 0 Å². The topological polar surface area (TPSA) is 59.8 Å². The first-order chi connectivity index (χ1) is 13.2. The molecule has 0 saturated heterocycles. The van der Waals surface area contributed by atoms with Crippen LogP contribution in [0, 0.1) is 0 Å². The van der Waals surface area contributed by atoms with E-state index in [1.54, 1.807) is 0 Å². The molecule has 140 valence electrons. The third-order valence-corrected chi connectivity index (χ3v) is 5.23. The molecule has 1 aromatic heterocycles. The van der Waals surface area contributed by atoms with E-state index < -0.39 is 0 Å². The maximum absolute atomic E-state index is 12.1. The largest absolute Gasteiger partial charge is 0.355 e. The molecule has 0 bridgehead atoms. The predicted molar refractivity (Wildman–Crippen MR) is 110 cm³/mol. The van der Waals surface area contributed by atoms with Crippen LogP contribution in [0.1, 0.15) is 12.5 Å². The highest BCUT2D eigenvalue weighted by Crippen LogP contribution is 2.25. The molecule has 1 N–H and O–H groups in total. The second-order valence-electron chi connectivity index (χ2n) is 5.94. The van der Waals surface area contributed by atoms with Crippen molar-refractivity contribution in [3.63, 3.8) is 0 Å². The lowest BCUT2D eigenvalue weighted by Gasteiger charge is -2.08. The standard InChI is InChI=1S/C20H21ClN4OS/c1-2-25-19(16-9-6-10-17(21)13-16)23-24-20(25)27-14-18(26)22-12-11-15-7-4-3-5-8-15/h3-10,13H,2,11-12,14H2,1H3,(H,22,26). The summed E-state index contributed by atoms with van der Waals surface area (Å²) in [6, 6.07) is 17.6. The number of nitrogens with zero attached hydrogens (tertiary/aromatic N) is 3. The van der Waals surface area contributed by atoms with Crippen LogP contribution in [0.3, 0.4) is 0 Å². The van der Waals surface area contributed by atoms with E-state index in [2.05, 4.69) is 27.6 Å². The molecular weight excluding hydrogens is 380 g/mol. The summed E-state index contributed by atoms with van der Waals surface area (Å²) in [4.78, 5) is 12.1. The molecule has 0 fully saturated rings. The SMILES string of the molecule is CCn1c(SCC(=O)NCCc2ccccc2)nnc1-c1cccc(Cl)c1. The maximum Gasteiger partial charge on any atom is 0.230 e. The van der Waals surface area contributed by atoms with Crippen LogP contribution in [0.4, 0.5) is 0 Å². The average molecular weight is 401 g/mol. The first-order valence-electron chi connectivity index (χ1n) is 8.80. The fourth-order valence-electron chi connectivity index (χ4n) is 2.69. The lowest BCUT2D eigenvalue weighted by Crippen LogP contribution is -2.27. The Labute approximate surface area is 168 Å². The Morgan fingerprint density at radius 1 is 1.15 bits per heavy atom. The number of hydrogen-bond donors (Lipinski definition) is 1.